The van der Waals surface area contributed by atoms with E-state index in [1.54, 1.807) is 16.4 Å². The number of hydrogen-bond acceptors (Lipinski definition) is 3. The number of urea groups is 1. The molecule has 0 fully saturated rings. The first kappa shape index (κ1) is 13.5. The zero-order chi connectivity index (χ0) is 13.8. The van der Waals surface area contributed by atoms with Gasteiger partial charge in [-0.2, -0.15) is 5.10 Å². The molecular weight excluding hydrogens is 260 g/mol. The SMILES string of the molecule is CSc1cccc(NC(=O)Nc2cc(C)n(C)n2)c1. The second-order valence-corrected chi connectivity index (χ2v) is 4.99. The molecule has 0 saturated carbocycles. The number of nitrogens with one attached hydrogen (secondary N) is 2. The lowest BCUT2D eigenvalue weighted by Gasteiger charge is -2.06. The Hall–Kier alpha value is -1.95. The van der Waals surface area contributed by atoms with Crippen molar-refractivity contribution in [3.05, 3.63) is 36.0 Å². The minimum atomic E-state index is -0.295. The standard InChI is InChI=1S/C13H16N4OS/c1-9-7-12(16-17(9)2)15-13(18)14-10-5-4-6-11(8-10)19-3/h4-8H,1-3H3,(H2,14,15,16,18). The number of hydrogen-bond donors (Lipinski definition) is 2. The zero-order valence-electron chi connectivity index (χ0n) is 11.1. The van der Waals surface area contributed by atoms with Gasteiger partial charge in [0.1, 0.15) is 0 Å². The maximum Gasteiger partial charge on any atom is 0.324 e. The minimum Gasteiger partial charge on any atom is -0.308 e. The Balaban J connectivity index is 2.00. The Morgan fingerprint density at radius 3 is 2.74 bits per heavy atom. The van der Waals surface area contributed by atoms with Crippen LogP contribution in [0.25, 0.3) is 0 Å². The molecule has 0 aliphatic carbocycles. The lowest BCUT2D eigenvalue weighted by atomic mass is 10.3. The first-order valence-electron chi connectivity index (χ1n) is 5.81. The van der Waals surface area contributed by atoms with Gasteiger partial charge in [0.2, 0.25) is 0 Å². The molecule has 19 heavy (non-hydrogen) atoms. The van der Waals surface area contributed by atoms with E-state index in [4.69, 9.17) is 0 Å². The van der Waals surface area contributed by atoms with E-state index < -0.39 is 0 Å². The zero-order valence-corrected chi connectivity index (χ0v) is 11.9. The molecule has 0 aliphatic rings. The summed E-state index contributed by atoms with van der Waals surface area (Å²) in [5, 5.41) is 9.65. The van der Waals surface area contributed by atoms with Crippen molar-refractivity contribution in [3.63, 3.8) is 0 Å². The molecule has 1 aromatic heterocycles. The molecule has 100 valence electrons. The van der Waals surface area contributed by atoms with Crippen molar-refractivity contribution >= 4 is 29.3 Å². The summed E-state index contributed by atoms with van der Waals surface area (Å²) in [5.74, 6) is 0.540. The van der Waals surface area contributed by atoms with Crippen LogP contribution in [0.5, 0.6) is 0 Å². The molecule has 0 saturated heterocycles. The highest BCUT2D eigenvalue weighted by Gasteiger charge is 2.06. The first-order chi connectivity index (χ1) is 9.08. The predicted molar refractivity (Wildman–Crippen MR) is 78.8 cm³/mol. The van der Waals surface area contributed by atoms with Crippen molar-refractivity contribution in [1.29, 1.82) is 0 Å². The number of aromatic nitrogens is 2. The van der Waals surface area contributed by atoms with Gasteiger partial charge in [0.25, 0.3) is 0 Å². The third kappa shape index (κ3) is 3.51. The quantitative estimate of drug-likeness (QED) is 0.847. The summed E-state index contributed by atoms with van der Waals surface area (Å²) in [5.41, 5.74) is 1.75. The van der Waals surface area contributed by atoms with Crippen molar-refractivity contribution in [1.82, 2.24) is 9.78 Å². The van der Waals surface area contributed by atoms with Crippen molar-refractivity contribution < 1.29 is 4.79 Å². The van der Waals surface area contributed by atoms with Crippen molar-refractivity contribution in [3.8, 4) is 0 Å². The highest BCUT2D eigenvalue weighted by molar-refractivity contribution is 7.98. The van der Waals surface area contributed by atoms with Gasteiger partial charge in [-0.25, -0.2) is 4.79 Å². The summed E-state index contributed by atoms with van der Waals surface area (Å²) in [6.45, 7) is 1.93. The fourth-order valence-corrected chi connectivity index (χ4v) is 2.06. The highest BCUT2D eigenvalue weighted by atomic mass is 32.2. The number of thioether (sulfide) groups is 1. The molecule has 6 heteroatoms. The molecule has 0 spiro atoms. The molecule has 2 rings (SSSR count). The lowest BCUT2D eigenvalue weighted by Crippen LogP contribution is -2.19. The maximum absolute atomic E-state index is 11.8. The summed E-state index contributed by atoms with van der Waals surface area (Å²) in [6, 6.07) is 9.20. The number of carbonyl (C=O) groups excluding carboxylic acids is 1. The number of carbonyl (C=O) groups is 1. The number of aryl methyl sites for hydroxylation is 2. The summed E-state index contributed by atoms with van der Waals surface area (Å²) in [7, 11) is 1.83. The number of nitrogens with zero attached hydrogens (tertiary/aromatic N) is 2. The van der Waals surface area contributed by atoms with Gasteiger partial charge in [0, 0.05) is 29.4 Å². The Bertz CT molecular complexity index is 575. The molecular formula is C13H16N4OS. The Morgan fingerprint density at radius 1 is 1.32 bits per heavy atom. The molecule has 0 aliphatic heterocycles. The van der Waals surface area contributed by atoms with E-state index in [2.05, 4.69) is 15.7 Å². The number of anilines is 2. The van der Waals surface area contributed by atoms with Gasteiger partial charge >= 0.3 is 6.03 Å². The lowest BCUT2D eigenvalue weighted by molar-refractivity contribution is 0.262. The van der Waals surface area contributed by atoms with Crippen LogP contribution in [0.15, 0.2) is 35.2 Å². The summed E-state index contributed by atoms with van der Waals surface area (Å²) in [6.07, 6.45) is 2.00. The third-order valence-electron chi connectivity index (χ3n) is 2.68. The van der Waals surface area contributed by atoms with Crippen LogP contribution in [-0.4, -0.2) is 22.1 Å². The van der Waals surface area contributed by atoms with E-state index in [0.29, 0.717) is 5.82 Å². The summed E-state index contributed by atoms with van der Waals surface area (Å²) < 4.78 is 1.71. The van der Waals surface area contributed by atoms with Crippen LogP contribution in [0.2, 0.25) is 0 Å². The van der Waals surface area contributed by atoms with Crippen LogP contribution in [0.3, 0.4) is 0 Å². The van der Waals surface area contributed by atoms with Gasteiger partial charge < -0.3 is 5.32 Å². The highest BCUT2D eigenvalue weighted by Crippen LogP contribution is 2.19. The Kier molecular flexibility index (Phi) is 4.11. The molecule has 0 bridgehead atoms. The Morgan fingerprint density at radius 2 is 2.11 bits per heavy atom. The van der Waals surface area contributed by atoms with Gasteiger partial charge in [-0.3, -0.25) is 10.00 Å². The van der Waals surface area contributed by atoms with E-state index in [9.17, 15) is 4.79 Å². The smallest absolute Gasteiger partial charge is 0.308 e. The summed E-state index contributed by atoms with van der Waals surface area (Å²) >= 11 is 1.63. The average Bonchev–Trinajstić information content (AvgIpc) is 2.68. The van der Waals surface area contributed by atoms with Gasteiger partial charge in [-0.05, 0) is 31.4 Å². The molecule has 2 N–H and O–H groups in total. The molecule has 2 aromatic rings. The first-order valence-corrected chi connectivity index (χ1v) is 7.03. The monoisotopic (exact) mass is 276 g/mol. The van der Waals surface area contributed by atoms with Crippen molar-refractivity contribution in [2.45, 2.75) is 11.8 Å². The van der Waals surface area contributed by atoms with Gasteiger partial charge in [-0.15, -0.1) is 11.8 Å². The molecule has 1 heterocycles. The minimum absolute atomic E-state index is 0.295. The van der Waals surface area contributed by atoms with Crippen LogP contribution < -0.4 is 10.6 Å². The van der Waals surface area contributed by atoms with Crippen molar-refractivity contribution in [2.24, 2.45) is 7.05 Å². The molecule has 1 aromatic carbocycles. The summed E-state index contributed by atoms with van der Waals surface area (Å²) in [4.78, 5) is 12.9. The van der Waals surface area contributed by atoms with Crippen LogP contribution >= 0.6 is 11.8 Å². The van der Waals surface area contributed by atoms with Crippen LogP contribution in [0.4, 0.5) is 16.3 Å². The fourth-order valence-electron chi connectivity index (χ4n) is 1.60. The fraction of sp³-hybridized carbons (Fsp3) is 0.231. The molecule has 5 nitrogen and oxygen atoms in total. The van der Waals surface area contributed by atoms with E-state index in [-0.39, 0.29) is 6.03 Å². The average molecular weight is 276 g/mol. The number of benzene rings is 1. The topological polar surface area (TPSA) is 59.0 Å². The van der Waals surface area contributed by atoms with Gasteiger partial charge in [0.05, 0.1) is 0 Å². The van der Waals surface area contributed by atoms with Gasteiger partial charge in [0.15, 0.2) is 5.82 Å². The number of rotatable bonds is 3. The van der Waals surface area contributed by atoms with E-state index in [1.165, 1.54) is 0 Å². The normalized spacial score (nSPS) is 10.3. The number of amides is 2. The largest absolute Gasteiger partial charge is 0.324 e. The van der Waals surface area contributed by atoms with Crippen LogP contribution in [0.1, 0.15) is 5.69 Å². The van der Waals surface area contributed by atoms with E-state index >= 15 is 0 Å². The van der Waals surface area contributed by atoms with Crippen molar-refractivity contribution in [2.75, 3.05) is 16.9 Å². The van der Waals surface area contributed by atoms with Gasteiger partial charge in [-0.1, -0.05) is 6.07 Å². The van der Waals surface area contributed by atoms with E-state index in [0.717, 1.165) is 16.3 Å². The molecule has 0 unspecified atom stereocenters. The molecule has 0 atom stereocenters. The third-order valence-corrected chi connectivity index (χ3v) is 3.41. The second-order valence-electron chi connectivity index (χ2n) is 4.11. The molecule has 2 amide bonds. The predicted octanol–water partition coefficient (Wildman–Crippen LogP) is 3.09. The molecule has 0 radical (unpaired) electrons. The van der Waals surface area contributed by atoms with Crippen LogP contribution in [-0.2, 0) is 7.05 Å². The second kappa shape index (κ2) is 5.79. The maximum atomic E-state index is 11.8. The Labute approximate surface area is 116 Å². The van der Waals surface area contributed by atoms with Crippen LogP contribution in [0, 0.1) is 6.92 Å². The van der Waals surface area contributed by atoms with E-state index in [1.807, 2.05) is 50.6 Å².